The molecule has 0 aliphatic heterocycles. The van der Waals surface area contributed by atoms with Crippen LogP contribution in [-0.2, 0) is 0 Å². The van der Waals surface area contributed by atoms with Crippen LogP contribution in [0.1, 0.15) is 10.4 Å². The van der Waals surface area contributed by atoms with Gasteiger partial charge in [-0.3, -0.25) is 4.98 Å². The minimum atomic E-state index is 0.456. The first-order chi connectivity index (χ1) is 7.83. The van der Waals surface area contributed by atoms with Crippen LogP contribution in [0.25, 0.3) is 10.6 Å². The molecule has 0 atom stereocenters. The molecule has 0 radical (unpaired) electrons. The summed E-state index contributed by atoms with van der Waals surface area (Å²) >= 11 is 7.70. The molecule has 0 fully saturated rings. The van der Waals surface area contributed by atoms with Crippen molar-refractivity contribution in [3.63, 3.8) is 0 Å². The molecule has 0 spiro atoms. The summed E-state index contributed by atoms with van der Waals surface area (Å²) in [5, 5.41) is 11.5. The standard InChI is InChI=1S/C12H7ClN2S/c13-12(11-4-2-6-16-11)10(7-14)9-3-1-5-15-8-9/h1-6,8H/b12-10-. The van der Waals surface area contributed by atoms with Gasteiger partial charge in [-0.1, -0.05) is 23.7 Å². The maximum Gasteiger partial charge on any atom is 0.101 e. The van der Waals surface area contributed by atoms with E-state index in [0.717, 1.165) is 10.4 Å². The quantitative estimate of drug-likeness (QED) is 0.757. The number of hydrogen-bond acceptors (Lipinski definition) is 3. The molecule has 0 bridgehead atoms. The Kier molecular flexibility index (Phi) is 3.35. The van der Waals surface area contributed by atoms with Crippen molar-refractivity contribution in [3.8, 4) is 6.07 Å². The molecule has 0 aliphatic carbocycles. The van der Waals surface area contributed by atoms with E-state index in [1.54, 1.807) is 18.5 Å². The largest absolute Gasteiger partial charge is 0.264 e. The predicted octanol–water partition coefficient (Wildman–Crippen LogP) is 3.77. The third kappa shape index (κ3) is 2.13. The summed E-state index contributed by atoms with van der Waals surface area (Å²) in [5.41, 5.74) is 1.20. The van der Waals surface area contributed by atoms with Gasteiger partial charge in [0.2, 0.25) is 0 Å². The zero-order valence-corrected chi connectivity index (χ0v) is 9.79. The molecule has 0 aromatic carbocycles. The van der Waals surface area contributed by atoms with Crippen LogP contribution in [-0.4, -0.2) is 4.98 Å². The fourth-order valence-electron chi connectivity index (χ4n) is 1.28. The molecule has 0 saturated carbocycles. The number of aromatic nitrogens is 1. The average molecular weight is 247 g/mol. The smallest absolute Gasteiger partial charge is 0.101 e. The second-order valence-electron chi connectivity index (χ2n) is 3.02. The third-order valence-electron chi connectivity index (χ3n) is 2.02. The second-order valence-corrected chi connectivity index (χ2v) is 4.35. The molecular formula is C12H7ClN2S. The highest BCUT2D eigenvalue weighted by atomic mass is 35.5. The predicted molar refractivity (Wildman–Crippen MR) is 66.8 cm³/mol. The number of thiophene rings is 1. The summed E-state index contributed by atoms with van der Waals surface area (Å²) in [6.07, 6.45) is 3.30. The summed E-state index contributed by atoms with van der Waals surface area (Å²) in [6.45, 7) is 0. The van der Waals surface area contributed by atoms with Crippen LogP contribution in [0.5, 0.6) is 0 Å². The second kappa shape index (κ2) is 4.93. The number of hydrogen-bond donors (Lipinski definition) is 0. The van der Waals surface area contributed by atoms with E-state index in [2.05, 4.69) is 11.1 Å². The molecule has 0 unspecified atom stereocenters. The minimum absolute atomic E-state index is 0.456. The fraction of sp³-hybridized carbons (Fsp3) is 0. The molecule has 2 aromatic rings. The van der Waals surface area contributed by atoms with Gasteiger partial charge in [0.25, 0.3) is 0 Å². The van der Waals surface area contributed by atoms with Crippen LogP contribution >= 0.6 is 22.9 Å². The Hall–Kier alpha value is -1.63. The summed E-state index contributed by atoms with van der Waals surface area (Å²) < 4.78 is 0. The first-order valence-corrected chi connectivity index (χ1v) is 5.83. The summed E-state index contributed by atoms with van der Waals surface area (Å²) in [5.74, 6) is 0. The Morgan fingerprint density at radius 2 is 2.25 bits per heavy atom. The van der Waals surface area contributed by atoms with Crippen molar-refractivity contribution < 1.29 is 0 Å². The molecule has 78 valence electrons. The lowest BCUT2D eigenvalue weighted by molar-refractivity contribution is 1.31. The van der Waals surface area contributed by atoms with E-state index < -0.39 is 0 Å². The lowest BCUT2D eigenvalue weighted by Gasteiger charge is -2.01. The number of nitrogens with zero attached hydrogens (tertiary/aromatic N) is 2. The molecule has 0 saturated heterocycles. The van der Waals surface area contributed by atoms with Gasteiger partial charge in [0.05, 0.1) is 10.6 Å². The lowest BCUT2D eigenvalue weighted by Crippen LogP contribution is -1.85. The molecule has 4 heteroatoms. The van der Waals surface area contributed by atoms with Crippen molar-refractivity contribution in [2.75, 3.05) is 0 Å². The van der Waals surface area contributed by atoms with E-state index in [0.29, 0.717) is 10.6 Å². The van der Waals surface area contributed by atoms with Gasteiger partial charge in [-0.15, -0.1) is 11.3 Å². The number of nitriles is 1. The normalized spacial score (nSPS) is 11.8. The van der Waals surface area contributed by atoms with Crippen molar-refractivity contribution in [1.29, 1.82) is 5.26 Å². The van der Waals surface area contributed by atoms with Crippen LogP contribution in [0, 0.1) is 11.3 Å². The highest BCUT2D eigenvalue weighted by Gasteiger charge is 2.09. The van der Waals surface area contributed by atoms with E-state index >= 15 is 0 Å². The van der Waals surface area contributed by atoms with Gasteiger partial charge in [0.1, 0.15) is 6.07 Å². The summed E-state index contributed by atoms with van der Waals surface area (Å²) in [6, 6.07) is 9.52. The zero-order chi connectivity index (χ0) is 11.4. The summed E-state index contributed by atoms with van der Waals surface area (Å²) in [7, 11) is 0. The van der Waals surface area contributed by atoms with E-state index in [9.17, 15) is 0 Å². The molecule has 2 heterocycles. The first-order valence-electron chi connectivity index (χ1n) is 4.57. The van der Waals surface area contributed by atoms with Gasteiger partial charge in [0, 0.05) is 22.8 Å². The summed E-state index contributed by atoms with van der Waals surface area (Å²) in [4.78, 5) is 4.87. The van der Waals surface area contributed by atoms with Gasteiger partial charge >= 0.3 is 0 Å². The van der Waals surface area contributed by atoms with Gasteiger partial charge in [-0.05, 0) is 17.5 Å². The SMILES string of the molecule is N#C/C(=C(/Cl)c1cccs1)c1cccnc1. The highest BCUT2D eigenvalue weighted by molar-refractivity contribution is 7.12. The van der Waals surface area contributed by atoms with Crippen molar-refractivity contribution in [1.82, 2.24) is 4.98 Å². The monoisotopic (exact) mass is 246 g/mol. The Morgan fingerprint density at radius 1 is 1.38 bits per heavy atom. The highest BCUT2D eigenvalue weighted by Crippen LogP contribution is 2.31. The van der Waals surface area contributed by atoms with Crippen molar-refractivity contribution in [2.24, 2.45) is 0 Å². The Morgan fingerprint density at radius 3 is 2.81 bits per heavy atom. The minimum Gasteiger partial charge on any atom is -0.264 e. The van der Waals surface area contributed by atoms with Crippen LogP contribution in [0.2, 0.25) is 0 Å². The van der Waals surface area contributed by atoms with Crippen molar-refractivity contribution >= 4 is 33.5 Å². The maximum absolute atomic E-state index is 9.13. The Bertz CT molecular complexity index is 538. The molecule has 2 aromatic heterocycles. The van der Waals surface area contributed by atoms with Crippen LogP contribution in [0.4, 0.5) is 0 Å². The molecule has 0 aliphatic rings. The van der Waals surface area contributed by atoms with E-state index in [-0.39, 0.29) is 0 Å². The van der Waals surface area contributed by atoms with E-state index in [4.69, 9.17) is 16.9 Å². The van der Waals surface area contributed by atoms with E-state index in [1.807, 2.05) is 23.6 Å². The maximum atomic E-state index is 9.13. The van der Waals surface area contributed by atoms with Crippen LogP contribution in [0.3, 0.4) is 0 Å². The first kappa shape index (κ1) is 10.9. The van der Waals surface area contributed by atoms with Crippen molar-refractivity contribution in [2.45, 2.75) is 0 Å². The number of rotatable bonds is 2. The number of allylic oxidation sites excluding steroid dienone is 1. The lowest BCUT2D eigenvalue weighted by atomic mass is 10.1. The van der Waals surface area contributed by atoms with Gasteiger partial charge in [-0.2, -0.15) is 5.26 Å². The average Bonchev–Trinajstić information content (AvgIpc) is 2.85. The molecular weight excluding hydrogens is 240 g/mol. The molecule has 16 heavy (non-hydrogen) atoms. The zero-order valence-electron chi connectivity index (χ0n) is 8.22. The van der Waals surface area contributed by atoms with Crippen LogP contribution < -0.4 is 0 Å². The number of halogens is 1. The van der Waals surface area contributed by atoms with Crippen molar-refractivity contribution in [3.05, 3.63) is 52.5 Å². The van der Waals surface area contributed by atoms with Crippen LogP contribution in [0.15, 0.2) is 42.0 Å². The van der Waals surface area contributed by atoms with E-state index in [1.165, 1.54) is 11.3 Å². The Labute approximate surface area is 102 Å². The molecule has 2 rings (SSSR count). The fourth-order valence-corrected chi connectivity index (χ4v) is 2.29. The van der Waals surface area contributed by atoms with Gasteiger partial charge in [0.15, 0.2) is 0 Å². The third-order valence-corrected chi connectivity index (χ3v) is 3.41. The Balaban J connectivity index is 2.52. The molecule has 2 nitrogen and oxygen atoms in total. The van der Waals surface area contributed by atoms with Gasteiger partial charge in [-0.25, -0.2) is 0 Å². The molecule has 0 N–H and O–H groups in total. The topological polar surface area (TPSA) is 36.7 Å². The van der Waals surface area contributed by atoms with Gasteiger partial charge < -0.3 is 0 Å². The number of pyridine rings is 1. The molecule has 0 amide bonds.